The molecule has 30 heavy (non-hydrogen) atoms. The Morgan fingerprint density at radius 3 is 2.23 bits per heavy atom. The fraction of sp³-hybridized carbons (Fsp3) is 0.435. The maximum atomic E-state index is 13.1. The van der Waals surface area contributed by atoms with E-state index in [0.29, 0.717) is 11.6 Å². The zero-order valence-corrected chi connectivity index (χ0v) is 19.4. The van der Waals surface area contributed by atoms with Crippen LogP contribution in [0.3, 0.4) is 0 Å². The molecule has 2 atom stereocenters. The minimum atomic E-state index is -3.66. The second-order valence-corrected chi connectivity index (χ2v) is 9.90. The predicted octanol–water partition coefficient (Wildman–Crippen LogP) is 4.06. The first-order valence-electron chi connectivity index (χ1n) is 10.0. The summed E-state index contributed by atoms with van der Waals surface area (Å²) in [5.74, 6) is 0.739. The minimum Gasteiger partial charge on any atom is -0.497 e. The molecule has 1 N–H and O–H groups in total. The van der Waals surface area contributed by atoms with Crippen molar-refractivity contribution in [3.8, 4) is 5.75 Å². The van der Waals surface area contributed by atoms with E-state index in [1.165, 1.54) is 4.31 Å². The van der Waals surface area contributed by atoms with E-state index < -0.39 is 16.1 Å². The molecule has 0 aliphatic rings. The molecular formula is C23H32N2O4S. The maximum Gasteiger partial charge on any atom is 0.244 e. The number of nitrogens with one attached hydrogen (secondary N) is 1. The Morgan fingerprint density at radius 1 is 1.10 bits per heavy atom. The summed E-state index contributed by atoms with van der Waals surface area (Å²) in [6.45, 7) is 7.67. The molecule has 164 valence electrons. The summed E-state index contributed by atoms with van der Waals surface area (Å²) >= 11 is 0. The summed E-state index contributed by atoms with van der Waals surface area (Å²) in [6.07, 6.45) is 1.85. The van der Waals surface area contributed by atoms with Crippen LogP contribution in [0, 0.1) is 12.8 Å². The van der Waals surface area contributed by atoms with Gasteiger partial charge in [-0.1, -0.05) is 38.1 Å². The number of anilines is 1. The summed E-state index contributed by atoms with van der Waals surface area (Å²) in [5, 5.41) is 3.05. The Balaban J connectivity index is 2.31. The topological polar surface area (TPSA) is 75.7 Å². The van der Waals surface area contributed by atoms with E-state index in [2.05, 4.69) is 19.2 Å². The van der Waals surface area contributed by atoms with Gasteiger partial charge in [0.1, 0.15) is 11.8 Å². The van der Waals surface area contributed by atoms with Crippen molar-refractivity contribution < 1.29 is 17.9 Å². The first-order chi connectivity index (χ1) is 14.0. The van der Waals surface area contributed by atoms with Crippen LogP contribution in [0.4, 0.5) is 5.69 Å². The Morgan fingerprint density at radius 2 is 1.73 bits per heavy atom. The van der Waals surface area contributed by atoms with Crippen LogP contribution in [0.15, 0.2) is 48.5 Å². The molecular weight excluding hydrogens is 400 g/mol. The number of carbonyl (C=O) groups excluding carboxylic acids is 1. The molecule has 0 fully saturated rings. The van der Waals surface area contributed by atoms with Crippen molar-refractivity contribution in [2.75, 3.05) is 17.7 Å². The molecule has 0 bridgehead atoms. The SMILES string of the molecule is COc1ccc(C(CC(C)C)NC(=O)C(C)N(c2cccc(C)c2)S(C)(=O)=O)cc1. The van der Waals surface area contributed by atoms with Crippen LogP contribution in [0.2, 0.25) is 0 Å². The van der Waals surface area contributed by atoms with Crippen molar-refractivity contribution in [2.45, 2.75) is 46.2 Å². The van der Waals surface area contributed by atoms with Gasteiger partial charge in [-0.15, -0.1) is 0 Å². The van der Waals surface area contributed by atoms with Crippen LogP contribution >= 0.6 is 0 Å². The normalized spacial score (nSPS) is 13.6. The van der Waals surface area contributed by atoms with Crippen LogP contribution in [0.1, 0.15) is 44.4 Å². The third-order valence-corrected chi connectivity index (χ3v) is 6.13. The number of nitrogens with zero attached hydrogens (tertiary/aromatic N) is 1. The second-order valence-electron chi connectivity index (χ2n) is 8.04. The monoisotopic (exact) mass is 432 g/mol. The lowest BCUT2D eigenvalue weighted by atomic mass is 9.96. The van der Waals surface area contributed by atoms with Crippen molar-refractivity contribution in [3.05, 3.63) is 59.7 Å². The molecule has 6 nitrogen and oxygen atoms in total. The molecule has 2 unspecified atom stereocenters. The van der Waals surface area contributed by atoms with Crippen molar-refractivity contribution in [3.63, 3.8) is 0 Å². The highest BCUT2D eigenvalue weighted by atomic mass is 32.2. The van der Waals surface area contributed by atoms with E-state index in [0.717, 1.165) is 29.6 Å². The predicted molar refractivity (Wildman–Crippen MR) is 121 cm³/mol. The van der Waals surface area contributed by atoms with Gasteiger partial charge in [-0.25, -0.2) is 8.42 Å². The molecule has 0 saturated heterocycles. The Hall–Kier alpha value is -2.54. The third kappa shape index (κ3) is 6.23. The number of carbonyl (C=O) groups is 1. The highest BCUT2D eigenvalue weighted by Crippen LogP contribution is 2.26. The van der Waals surface area contributed by atoms with Crippen LogP contribution in [-0.2, 0) is 14.8 Å². The largest absolute Gasteiger partial charge is 0.497 e. The summed E-state index contributed by atoms with van der Waals surface area (Å²) < 4.78 is 31.4. The van der Waals surface area contributed by atoms with Crippen molar-refractivity contribution in [1.82, 2.24) is 5.32 Å². The lowest BCUT2D eigenvalue weighted by Gasteiger charge is -2.30. The third-order valence-electron chi connectivity index (χ3n) is 4.89. The Kier molecular flexibility index (Phi) is 7.89. The number of ether oxygens (including phenoxy) is 1. The fourth-order valence-electron chi connectivity index (χ4n) is 3.45. The fourth-order valence-corrected chi connectivity index (χ4v) is 4.62. The first-order valence-corrected chi connectivity index (χ1v) is 11.9. The van der Waals surface area contributed by atoms with Crippen LogP contribution in [0.5, 0.6) is 5.75 Å². The molecule has 0 spiro atoms. The molecule has 2 rings (SSSR count). The van der Waals surface area contributed by atoms with Gasteiger partial charge in [0, 0.05) is 0 Å². The summed E-state index contributed by atoms with van der Waals surface area (Å²) in [5.41, 5.74) is 2.35. The van der Waals surface area contributed by atoms with E-state index in [1.807, 2.05) is 37.3 Å². The molecule has 0 radical (unpaired) electrons. The lowest BCUT2D eigenvalue weighted by molar-refractivity contribution is -0.122. The molecule has 0 heterocycles. The van der Waals surface area contributed by atoms with E-state index in [1.54, 1.807) is 32.2 Å². The summed E-state index contributed by atoms with van der Waals surface area (Å²) in [4.78, 5) is 13.1. The molecule has 2 aromatic rings. The van der Waals surface area contributed by atoms with Gasteiger partial charge in [-0.05, 0) is 61.6 Å². The molecule has 0 aliphatic heterocycles. The molecule has 0 aromatic heterocycles. The van der Waals surface area contributed by atoms with Gasteiger partial charge in [0.2, 0.25) is 15.9 Å². The number of sulfonamides is 1. The molecule has 1 amide bonds. The van der Waals surface area contributed by atoms with Crippen molar-refractivity contribution in [2.24, 2.45) is 5.92 Å². The van der Waals surface area contributed by atoms with Gasteiger partial charge in [0.15, 0.2) is 0 Å². The zero-order chi connectivity index (χ0) is 22.5. The van der Waals surface area contributed by atoms with Crippen molar-refractivity contribution >= 4 is 21.6 Å². The highest BCUT2D eigenvalue weighted by molar-refractivity contribution is 7.92. The summed E-state index contributed by atoms with van der Waals surface area (Å²) in [6, 6.07) is 13.6. The average Bonchev–Trinajstić information content (AvgIpc) is 2.66. The maximum absolute atomic E-state index is 13.1. The van der Waals surface area contributed by atoms with E-state index in [4.69, 9.17) is 4.74 Å². The number of aryl methyl sites for hydroxylation is 1. The van der Waals surface area contributed by atoms with Gasteiger partial charge in [-0.3, -0.25) is 9.10 Å². The number of methoxy groups -OCH3 is 1. The van der Waals surface area contributed by atoms with Gasteiger partial charge < -0.3 is 10.1 Å². The van der Waals surface area contributed by atoms with Crippen molar-refractivity contribution in [1.29, 1.82) is 0 Å². The second kappa shape index (κ2) is 9.98. The highest BCUT2D eigenvalue weighted by Gasteiger charge is 2.30. The van der Waals surface area contributed by atoms with Crippen LogP contribution in [-0.4, -0.2) is 33.7 Å². The van der Waals surface area contributed by atoms with Gasteiger partial charge in [0.25, 0.3) is 0 Å². The molecule has 7 heteroatoms. The number of hydrogen-bond acceptors (Lipinski definition) is 4. The smallest absolute Gasteiger partial charge is 0.244 e. The van der Waals surface area contributed by atoms with E-state index in [-0.39, 0.29) is 11.9 Å². The van der Waals surface area contributed by atoms with E-state index >= 15 is 0 Å². The van der Waals surface area contributed by atoms with Gasteiger partial charge >= 0.3 is 0 Å². The lowest BCUT2D eigenvalue weighted by Crippen LogP contribution is -2.48. The average molecular weight is 433 g/mol. The quantitative estimate of drug-likeness (QED) is 0.648. The number of hydrogen-bond donors (Lipinski definition) is 1. The van der Waals surface area contributed by atoms with E-state index in [9.17, 15) is 13.2 Å². The number of benzene rings is 2. The van der Waals surface area contributed by atoms with Crippen LogP contribution < -0.4 is 14.4 Å². The number of rotatable bonds is 9. The van der Waals surface area contributed by atoms with Crippen LogP contribution in [0.25, 0.3) is 0 Å². The van der Waals surface area contributed by atoms with Gasteiger partial charge in [0.05, 0.1) is 25.1 Å². The standard InChI is InChI=1S/C23H32N2O4S/c1-16(2)14-22(19-10-12-21(29-5)13-11-19)24-23(26)18(4)25(30(6,27)28)20-9-7-8-17(3)15-20/h7-13,15-16,18,22H,14H2,1-6H3,(H,24,26). The zero-order valence-electron chi connectivity index (χ0n) is 18.5. The Labute approximate surface area is 180 Å². The molecule has 0 saturated carbocycles. The van der Waals surface area contributed by atoms with Gasteiger partial charge in [-0.2, -0.15) is 0 Å². The number of amides is 1. The summed E-state index contributed by atoms with van der Waals surface area (Å²) in [7, 11) is -2.05. The Bertz CT molecular complexity index is 955. The first kappa shape index (κ1) is 23.7. The minimum absolute atomic E-state index is 0.232. The molecule has 2 aromatic carbocycles. The molecule has 0 aliphatic carbocycles.